The van der Waals surface area contributed by atoms with E-state index in [1.54, 1.807) is 6.20 Å². The van der Waals surface area contributed by atoms with Crippen LogP contribution in [-0.4, -0.2) is 34.8 Å². The van der Waals surface area contributed by atoms with Gasteiger partial charge in [0.2, 0.25) is 5.95 Å². The third-order valence-corrected chi connectivity index (χ3v) is 3.65. The van der Waals surface area contributed by atoms with E-state index in [1.165, 1.54) is 5.69 Å². The number of rotatable bonds is 9. The average Bonchev–Trinajstić information content (AvgIpc) is 2.58. The summed E-state index contributed by atoms with van der Waals surface area (Å²) in [7, 11) is 0. The molecular formula is C17H26N6. The van der Waals surface area contributed by atoms with Crippen LogP contribution in [0.4, 0.5) is 23.1 Å². The normalized spacial score (nSPS) is 10.4. The molecule has 124 valence electrons. The highest BCUT2D eigenvalue weighted by atomic mass is 15.3. The number of hydrogen-bond acceptors (Lipinski definition) is 6. The highest BCUT2D eigenvalue weighted by Gasteiger charge is 2.04. The van der Waals surface area contributed by atoms with Crippen LogP contribution in [0.3, 0.4) is 0 Å². The van der Waals surface area contributed by atoms with Crippen LogP contribution < -0.4 is 15.5 Å². The Labute approximate surface area is 138 Å². The lowest BCUT2D eigenvalue weighted by Gasteiger charge is -2.21. The maximum Gasteiger partial charge on any atom is 0.249 e. The van der Waals surface area contributed by atoms with Crippen molar-refractivity contribution in [2.24, 2.45) is 0 Å². The number of benzene rings is 1. The number of aromatic nitrogens is 3. The quantitative estimate of drug-likeness (QED) is 0.688. The summed E-state index contributed by atoms with van der Waals surface area (Å²) >= 11 is 0. The first kappa shape index (κ1) is 17.0. The summed E-state index contributed by atoms with van der Waals surface area (Å²) in [6.07, 6.45) is 3.90. The van der Waals surface area contributed by atoms with Crippen LogP contribution in [0.1, 0.15) is 33.6 Å². The standard InChI is InChI=1S/C17H26N6/c1-4-7-12-18-16-13-19-22-17(21-16)20-14-8-10-15(11-9-14)23(5-2)6-3/h8-11,13H,4-7,12H2,1-3H3,(H2,18,20,21,22). The van der Waals surface area contributed by atoms with Crippen LogP contribution >= 0.6 is 0 Å². The van der Waals surface area contributed by atoms with Gasteiger partial charge in [-0.15, -0.1) is 5.10 Å². The van der Waals surface area contributed by atoms with Crippen molar-refractivity contribution in [3.63, 3.8) is 0 Å². The Morgan fingerprint density at radius 3 is 2.43 bits per heavy atom. The number of hydrogen-bond donors (Lipinski definition) is 2. The molecule has 0 bridgehead atoms. The first-order chi connectivity index (χ1) is 11.3. The molecule has 1 aromatic heterocycles. The van der Waals surface area contributed by atoms with Crippen LogP contribution in [0, 0.1) is 0 Å². The molecule has 0 amide bonds. The van der Waals surface area contributed by atoms with Gasteiger partial charge in [-0.05, 0) is 44.5 Å². The predicted molar refractivity (Wildman–Crippen MR) is 96.5 cm³/mol. The van der Waals surface area contributed by atoms with E-state index in [-0.39, 0.29) is 0 Å². The molecule has 1 heterocycles. The molecule has 2 rings (SSSR count). The number of nitrogens with zero attached hydrogens (tertiary/aromatic N) is 4. The molecule has 2 aromatic rings. The summed E-state index contributed by atoms with van der Waals surface area (Å²) in [4.78, 5) is 6.73. The molecule has 0 aliphatic rings. The molecule has 23 heavy (non-hydrogen) atoms. The van der Waals surface area contributed by atoms with Gasteiger partial charge in [-0.25, -0.2) is 0 Å². The van der Waals surface area contributed by atoms with Gasteiger partial charge in [-0.2, -0.15) is 10.1 Å². The van der Waals surface area contributed by atoms with E-state index < -0.39 is 0 Å². The van der Waals surface area contributed by atoms with Gasteiger partial charge in [0, 0.05) is 31.0 Å². The summed E-state index contributed by atoms with van der Waals surface area (Å²) < 4.78 is 0. The van der Waals surface area contributed by atoms with Crippen LogP contribution in [0.15, 0.2) is 30.5 Å². The zero-order chi connectivity index (χ0) is 16.5. The Balaban J connectivity index is 2.00. The van der Waals surface area contributed by atoms with E-state index in [2.05, 4.69) is 63.6 Å². The van der Waals surface area contributed by atoms with Gasteiger partial charge < -0.3 is 15.5 Å². The van der Waals surface area contributed by atoms with Crippen LogP contribution in [0.2, 0.25) is 0 Å². The molecule has 0 aliphatic heterocycles. The van der Waals surface area contributed by atoms with E-state index in [0.29, 0.717) is 5.95 Å². The number of anilines is 4. The van der Waals surface area contributed by atoms with Gasteiger partial charge in [0.15, 0.2) is 5.82 Å². The molecule has 0 saturated heterocycles. The van der Waals surface area contributed by atoms with E-state index in [4.69, 9.17) is 0 Å². The minimum Gasteiger partial charge on any atom is -0.372 e. The monoisotopic (exact) mass is 314 g/mol. The molecular weight excluding hydrogens is 288 g/mol. The third-order valence-electron chi connectivity index (χ3n) is 3.65. The molecule has 0 unspecified atom stereocenters. The smallest absolute Gasteiger partial charge is 0.249 e. The Morgan fingerprint density at radius 2 is 1.78 bits per heavy atom. The van der Waals surface area contributed by atoms with Crippen LogP contribution in [0.25, 0.3) is 0 Å². The molecule has 0 fully saturated rings. The second kappa shape index (κ2) is 8.92. The van der Waals surface area contributed by atoms with Crippen molar-refractivity contribution in [3.05, 3.63) is 30.5 Å². The highest BCUT2D eigenvalue weighted by molar-refractivity contribution is 5.59. The topological polar surface area (TPSA) is 66.0 Å². The summed E-state index contributed by atoms with van der Waals surface area (Å²) in [6.45, 7) is 9.38. The van der Waals surface area contributed by atoms with Crippen LogP contribution in [-0.2, 0) is 0 Å². The van der Waals surface area contributed by atoms with Gasteiger partial charge in [0.1, 0.15) is 0 Å². The zero-order valence-electron chi connectivity index (χ0n) is 14.2. The van der Waals surface area contributed by atoms with Crippen molar-refractivity contribution in [1.82, 2.24) is 15.2 Å². The Hall–Kier alpha value is -2.37. The molecule has 0 radical (unpaired) electrons. The minimum atomic E-state index is 0.502. The molecule has 6 nitrogen and oxygen atoms in total. The van der Waals surface area contributed by atoms with Gasteiger partial charge in [-0.1, -0.05) is 13.3 Å². The average molecular weight is 314 g/mol. The van der Waals surface area contributed by atoms with Gasteiger partial charge >= 0.3 is 0 Å². The number of nitrogens with one attached hydrogen (secondary N) is 2. The van der Waals surface area contributed by atoms with E-state index in [0.717, 1.165) is 44.0 Å². The molecule has 0 saturated carbocycles. The molecule has 0 spiro atoms. The molecule has 0 aliphatic carbocycles. The Bertz CT molecular complexity index is 580. The SMILES string of the molecule is CCCCNc1cnnc(Nc2ccc(N(CC)CC)cc2)n1. The van der Waals surface area contributed by atoms with Gasteiger partial charge in [0.05, 0.1) is 6.20 Å². The van der Waals surface area contributed by atoms with E-state index in [1.807, 2.05) is 12.1 Å². The van der Waals surface area contributed by atoms with Gasteiger partial charge in [0.25, 0.3) is 0 Å². The minimum absolute atomic E-state index is 0.502. The van der Waals surface area contributed by atoms with Crippen molar-refractivity contribution in [2.45, 2.75) is 33.6 Å². The van der Waals surface area contributed by atoms with Crippen molar-refractivity contribution >= 4 is 23.1 Å². The first-order valence-corrected chi connectivity index (χ1v) is 8.32. The highest BCUT2D eigenvalue weighted by Crippen LogP contribution is 2.19. The number of unbranched alkanes of at least 4 members (excludes halogenated alkanes) is 1. The molecule has 2 N–H and O–H groups in total. The van der Waals surface area contributed by atoms with Crippen molar-refractivity contribution in [3.8, 4) is 0 Å². The van der Waals surface area contributed by atoms with Crippen molar-refractivity contribution in [1.29, 1.82) is 0 Å². The fraction of sp³-hybridized carbons (Fsp3) is 0.471. The molecule has 6 heteroatoms. The lowest BCUT2D eigenvalue weighted by atomic mass is 10.2. The lowest BCUT2D eigenvalue weighted by molar-refractivity contribution is 0.827. The molecule has 1 aromatic carbocycles. The predicted octanol–water partition coefficient (Wildman–Crippen LogP) is 3.67. The Kier molecular flexibility index (Phi) is 6.59. The van der Waals surface area contributed by atoms with Crippen molar-refractivity contribution < 1.29 is 0 Å². The maximum atomic E-state index is 4.42. The second-order valence-electron chi connectivity index (χ2n) is 5.29. The summed E-state index contributed by atoms with van der Waals surface area (Å²) in [5, 5.41) is 14.5. The Morgan fingerprint density at radius 1 is 1.04 bits per heavy atom. The fourth-order valence-electron chi connectivity index (χ4n) is 2.31. The van der Waals surface area contributed by atoms with E-state index >= 15 is 0 Å². The fourth-order valence-corrected chi connectivity index (χ4v) is 2.31. The van der Waals surface area contributed by atoms with Crippen LogP contribution in [0.5, 0.6) is 0 Å². The zero-order valence-corrected chi connectivity index (χ0v) is 14.2. The van der Waals surface area contributed by atoms with Crippen molar-refractivity contribution in [2.75, 3.05) is 35.2 Å². The van der Waals surface area contributed by atoms with Gasteiger partial charge in [-0.3, -0.25) is 0 Å². The first-order valence-electron chi connectivity index (χ1n) is 8.32. The maximum absolute atomic E-state index is 4.42. The third kappa shape index (κ3) is 5.09. The molecule has 0 atom stereocenters. The summed E-state index contributed by atoms with van der Waals surface area (Å²) in [6, 6.07) is 8.28. The second-order valence-corrected chi connectivity index (χ2v) is 5.29. The lowest BCUT2D eigenvalue weighted by Crippen LogP contribution is -2.21. The van der Waals surface area contributed by atoms with E-state index in [9.17, 15) is 0 Å². The largest absolute Gasteiger partial charge is 0.372 e. The summed E-state index contributed by atoms with van der Waals surface area (Å²) in [5.74, 6) is 1.25. The summed E-state index contributed by atoms with van der Waals surface area (Å²) in [5.41, 5.74) is 2.17.